The number of hydrogen-bond acceptors (Lipinski definition) is 5. The minimum Gasteiger partial charge on any atom is -0.490 e. The number of methoxy groups -OCH3 is 1. The zero-order chi connectivity index (χ0) is 22.7. The van der Waals surface area contributed by atoms with Crippen molar-refractivity contribution in [1.29, 1.82) is 0 Å². The van der Waals surface area contributed by atoms with Crippen molar-refractivity contribution in [3.05, 3.63) is 99.8 Å². The van der Waals surface area contributed by atoms with E-state index in [1.54, 1.807) is 10.8 Å². The summed E-state index contributed by atoms with van der Waals surface area (Å²) in [5.74, 6) is -1.48. The third-order valence-corrected chi connectivity index (χ3v) is 5.38. The van der Waals surface area contributed by atoms with Crippen LogP contribution in [0, 0.1) is 11.6 Å². The molecule has 0 saturated carbocycles. The second-order valence-corrected chi connectivity index (χ2v) is 7.56. The van der Waals surface area contributed by atoms with E-state index in [9.17, 15) is 13.6 Å². The van der Waals surface area contributed by atoms with E-state index in [0.717, 1.165) is 28.8 Å². The molecule has 3 aromatic rings. The summed E-state index contributed by atoms with van der Waals surface area (Å²) in [5.41, 5.74) is 3.19. The molecular weight excluding hydrogens is 414 g/mol. The predicted molar refractivity (Wildman–Crippen MR) is 119 cm³/mol. The van der Waals surface area contributed by atoms with Crippen molar-refractivity contribution in [2.75, 3.05) is 12.4 Å². The normalized spacial score (nSPS) is 15.7. The van der Waals surface area contributed by atoms with Crippen LogP contribution in [0.15, 0.2) is 71.4 Å². The van der Waals surface area contributed by atoms with Crippen LogP contribution in [0.2, 0.25) is 0 Å². The van der Waals surface area contributed by atoms with Gasteiger partial charge in [-0.3, -0.25) is 9.78 Å². The van der Waals surface area contributed by atoms with Gasteiger partial charge in [0, 0.05) is 12.4 Å². The molecule has 6 nitrogen and oxygen atoms in total. The molecule has 2 heterocycles. The number of aromatic nitrogens is 3. The number of halogens is 2. The molecule has 32 heavy (non-hydrogen) atoms. The van der Waals surface area contributed by atoms with Gasteiger partial charge in [0.15, 0.2) is 11.6 Å². The molecule has 2 aromatic heterocycles. The lowest BCUT2D eigenvalue weighted by molar-refractivity contribution is 0.402. The molecule has 1 aromatic carbocycles. The molecule has 1 unspecified atom stereocenters. The number of benzene rings is 1. The highest BCUT2D eigenvalue weighted by Gasteiger charge is 2.20. The maximum absolute atomic E-state index is 13.7. The summed E-state index contributed by atoms with van der Waals surface area (Å²) < 4.78 is 33.8. The number of allylic oxidation sites excluding steroid dienone is 2. The highest BCUT2D eigenvalue weighted by Crippen LogP contribution is 2.28. The van der Waals surface area contributed by atoms with Crippen molar-refractivity contribution in [3.63, 3.8) is 0 Å². The number of ether oxygens (including phenoxy) is 1. The fourth-order valence-electron chi connectivity index (χ4n) is 3.57. The van der Waals surface area contributed by atoms with Crippen LogP contribution >= 0.6 is 0 Å². The molecular formula is C24H22F2N4O2. The summed E-state index contributed by atoms with van der Waals surface area (Å²) in [6, 6.07) is 7.44. The van der Waals surface area contributed by atoms with E-state index in [4.69, 9.17) is 4.74 Å². The average Bonchev–Trinajstić information content (AvgIpc) is 2.80. The smallest absolute Gasteiger partial charge is 0.316 e. The van der Waals surface area contributed by atoms with E-state index in [1.165, 1.54) is 19.4 Å². The maximum atomic E-state index is 13.7. The molecule has 8 heteroatoms. The van der Waals surface area contributed by atoms with Gasteiger partial charge in [-0.2, -0.15) is 4.98 Å². The standard InChI is InChI=1S/C24H22F2N4O2/c1-15-5-7-17(18-4-3-9-27-12-18)11-21(15)28-24-29-23(31)22(32-2)14-30(24)13-16-6-8-19(25)20(26)10-16/h3-10,12,14,21H,11,13H2,1-2H3,(H,28,29,31). The third kappa shape index (κ3) is 4.59. The summed E-state index contributed by atoms with van der Waals surface area (Å²) in [7, 11) is 1.38. The fourth-order valence-corrected chi connectivity index (χ4v) is 3.57. The minimum atomic E-state index is -0.935. The molecule has 0 radical (unpaired) electrons. The van der Waals surface area contributed by atoms with Crippen LogP contribution in [-0.2, 0) is 6.54 Å². The molecule has 1 atom stereocenters. The maximum Gasteiger partial charge on any atom is 0.316 e. The summed E-state index contributed by atoms with van der Waals surface area (Å²) in [5, 5.41) is 3.34. The molecule has 1 aliphatic rings. The Hall–Kier alpha value is -3.81. The lowest BCUT2D eigenvalue weighted by Crippen LogP contribution is -2.28. The van der Waals surface area contributed by atoms with Crippen molar-refractivity contribution in [1.82, 2.24) is 14.5 Å². The van der Waals surface area contributed by atoms with Gasteiger partial charge < -0.3 is 14.6 Å². The van der Waals surface area contributed by atoms with Crippen molar-refractivity contribution in [2.45, 2.75) is 25.9 Å². The van der Waals surface area contributed by atoms with Crippen molar-refractivity contribution in [3.8, 4) is 5.75 Å². The number of rotatable bonds is 6. The first-order chi connectivity index (χ1) is 15.4. The van der Waals surface area contributed by atoms with Crippen LogP contribution in [0.5, 0.6) is 5.75 Å². The monoisotopic (exact) mass is 436 g/mol. The van der Waals surface area contributed by atoms with Crippen LogP contribution < -0.4 is 15.6 Å². The Morgan fingerprint density at radius 2 is 2.06 bits per heavy atom. The van der Waals surface area contributed by atoms with Crippen molar-refractivity contribution >= 4 is 11.5 Å². The zero-order valence-electron chi connectivity index (χ0n) is 17.7. The fraction of sp³-hybridized carbons (Fsp3) is 0.208. The molecule has 0 spiro atoms. The second-order valence-electron chi connectivity index (χ2n) is 7.56. The first kappa shape index (κ1) is 21.4. The van der Waals surface area contributed by atoms with E-state index in [1.807, 2.05) is 31.3 Å². The SMILES string of the molecule is COc1cn(Cc2ccc(F)c(F)c2)c(NC2CC(c3cccnc3)=CC=C2C)nc1=O. The molecule has 0 bridgehead atoms. The second kappa shape index (κ2) is 9.13. The Morgan fingerprint density at radius 3 is 2.78 bits per heavy atom. The minimum absolute atomic E-state index is 0.0602. The van der Waals surface area contributed by atoms with Crippen LogP contribution in [-0.4, -0.2) is 27.7 Å². The van der Waals surface area contributed by atoms with Crippen molar-refractivity contribution in [2.24, 2.45) is 0 Å². The summed E-state index contributed by atoms with van der Waals surface area (Å²) in [6.45, 7) is 2.17. The summed E-state index contributed by atoms with van der Waals surface area (Å²) >= 11 is 0. The quantitative estimate of drug-likeness (QED) is 0.628. The topological polar surface area (TPSA) is 69.0 Å². The van der Waals surface area contributed by atoms with Gasteiger partial charge in [0.1, 0.15) is 0 Å². The van der Waals surface area contributed by atoms with Crippen LogP contribution in [0.4, 0.5) is 14.7 Å². The average molecular weight is 436 g/mol. The van der Waals surface area contributed by atoms with Gasteiger partial charge >= 0.3 is 5.56 Å². The Balaban J connectivity index is 1.64. The highest BCUT2D eigenvalue weighted by molar-refractivity contribution is 5.69. The summed E-state index contributed by atoms with van der Waals surface area (Å²) in [4.78, 5) is 20.7. The molecule has 0 aliphatic heterocycles. The first-order valence-electron chi connectivity index (χ1n) is 10.1. The van der Waals surface area contributed by atoms with Gasteiger partial charge in [0.05, 0.1) is 25.9 Å². The molecule has 1 aliphatic carbocycles. The van der Waals surface area contributed by atoms with E-state index in [0.29, 0.717) is 17.9 Å². The van der Waals surface area contributed by atoms with Gasteiger partial charge in [0.2, 0.25) is 11.7 Å². The van der Waals surface area contributed by atoms with Crippen LogP contribution in [0.3, 0.4) is 0 Å². The Labute approximate surface area is 183 Å². The molecule has 0 saturated heterocycles. The number of nitrogens with zero attached hydrogens (tertiary/aromatic N) is 3. The van der Waals surface area contributed by atoms with Gasteiger partial charge in [-0.15, -0.1) is 0 Å². The van der Waals surface area contributed by atoms with E-state index < -0.39 is 17.2 Å². The van der Waals surface area contributed by atoms with Crippen LogP contribution in [0.25, 0.3) is 5.57 Å². The molecule has 0 amide bonds. The van der Waals surface area contributed by atoms with E-state index >= 15 is 0 Å². The third-order valence-electron chi connectivity index (χ3n) is 5.38. The Kier molecular flexibility index (Phi) is 6.11. The van der Waals surface area contributed by atoms with Gasteiger partial charge in [0.25, 0.3) is 0 Å². The number of hydrogen-bond donors (Lipinski definition) is 1. The van der Waals surface area contributed by atoms with Crippen LogP contribution in [0.1, 0.15) is 24.5 Å². The van der Waals surface area contributed by atoms with E-state index in [-0.39, 0.29) is 18.3 Å². The molecule has 164 valence electrons. The van der Waals surface area contributed by atoms with Crippen molar-refractivity contribution < 1.29 is 13.5 Å². The lowest BCUT2D eigenvalue weighted by Gasteiger charge is -2.26. The number of anilines is 1. The Morgan fingerprint density at radius 1 is 1.22 bits per heavy atom. The molecule has 1 N–H and O–H groups in total. The predicted octanol–water partition coefficient (Wildman–Crippen LogP) is 4.19. The largest absolute Gasteiger partial charge is 0.490 e. The zero-order valence-corrected chi connectivity index (χ0v) is 17.7. The molecule has 4 rings (SSSR count). The highest BCUT2D eigenvalue weighted by atomic mass is 19.2. The van der Waals surface area contributed by atoms with Gasteiger partial charge in [-0.25, -0.2) is 8.78 Å². The Bertz CT molecular complexity index is 1250. The van der Waals surface area contributed by atoms with Gasteiger partial charge in [-0.1, -0.05) is 29.9 Å². The first-order valence-corrected chi connectivity index (χ1v) is 10.1. The number of nitrogens with one attached hydrogen (secondary N) is 1. The molecule has 0 fully saturated rings. The summed E-state index contributed by atoms with van der Waals surface area (Å²) in [6.07, 6.45) is 9.79. The lowest BCUT2D eigenvalue weighted by atomic mass is 9.91. The van der Waals surface area contributed by atoms with Gasteiger partial charge in [-0.05, 0) is 48.2 Å². The number of pyridine rings is 1. The van der Waals surface area contributed by atoms with E-state index in [2.05, 4.69) is 21.4 Å².